The highest BCUT2D eigenvalue weighted by molar-refractivity contribution is 7.10. The quantitative estimate of drug-likeness (QED) is 0.807. The summed E-state index contributed by atoms with van der Waals surface area (Å²) in [5.41, 5.74) is 5.62. The summed E-state index contributed by atoms with van der Waals surface area (Å²) >= 11 is 1.61. The van der Waals surface area contributed by atoms with Gasteiger partial charge in [0.2, 0.25) is 5.91 Å². The maximum Gasteiger partial charge on any atom is 0.225 e. The summed E-state index contributed by atoms with van der Waals surface area (Å²) in [6, 6.07) is 4.46. The number of primary amides is 1. The fraction of sp³-hybridized carbons (Fsp3) is 0.632. The van der Waals surface area contributed by atoms with Crippen molar-refractivity contribution >= 4 is 17.2 Å². The summed E-state index contributed by atoms with van der Waals surface area (Å²) in [5.74, 6) is 2.10. The van der Waals surface area contributed by atoms with Gasteiger partial charge in [-0.25, -0.2) is 0 Å². The number of nitrogens with zero attached hydrogens (tertiary/aromatic N) is 4. The minimum atomic E-state index is -0.218. The van der Waals surface area contributed by atoms with Gasteiger partial charge in [-0.15, -0.1) is 21.5 Å². The zero-order chi connectivity index (χ0) is 18.7. The molecule has 1 aliphatic heterocycles. The lowest BCUT2D eigenvalue weighted by atomic mass is 10.00. The lowest BCUT2D eigenvalue weighted by Gasteiger charge is -2.34. The number of carbonyl (C=O) groups excluding carboxylic acids is 1. The first-order valence-electron chi connectivity index (χ1n) is 9.43. The van der Waals surface area contributed by atoms with Crippen LogP contribution < -0.4 is 5.73 Å². The Labute approximate surface area is 159 Å². The monoisotopic (exact) mass is 375 g/mol. The molecule has 1 atom stereocenters. The van der Waals surface area contributed by atoms with Gasteiger partial charge in [0, 0.05) is 29.9 Å². The van der Waals surface area contributed by atoms with Crippen molar-refractivity contribution in [1.29, 1.82) is 0 Å². The summed E-state index contributed by atoms with van der Waals surface area (Å²) in [5, 5.41) is 10.7. The van der Waals surface area contributed by atoms with E-state index in [9.17, 15) is 4.79 Å². The van der Waals surface area contributed by atoms with Gasteiger partial charge in [-0.2, -0.15) is 0 Å². The van der Waals surface area contributed by atoms with Gasteiger partial charge in [-0.05, 0) is 44.2 Å². The second-order valence-corrected chi connectivity index (χ2v) is 8.44. The Morgan fingerprint density at radius 3 is 2.65 bits per heavy atom. The van der Waals surface area contributed by atoms with Crippen molar-refractivity contribution in [3.63, 3.8) is 0 Å². The summed E-state index contributed by atoms with van der Waals surface area (Å²) in [6.07, 6.45) is 2.99. The molecule has 0 aliphatic carbocycles. The van der Waals surface area contributed by atoms with Gasteiger partial charge in [0.1, 0.15) is 11.6 Å². The number of aromatic nitrogens is 3. The first kappa shape index (κ1) is 19.0. The van der Waals surface area contributed by atoms with Crippen LogP contribution in [-0.2, 0) is 4.79 Å². The Morgan fingerprint density at radius 1 is 1.35 bits per heavy atom. The molecular weight excluding hydrogens is 346 g/mol. The first-order valence-corrected chi connectivity index (χ1v) is 10.3. The van der Waals surface area contributed by atoms with Crippen LogP contribution >= 0.6 is 11.3 Å². The van der Waals surface area contributed by atoms with E-state index in [-0.39, 0.29) is 11.8 Å². The Morgan fingerprint density at radius 2 is 2.08 bits per heavy atom. The molecule has 0 unspecified atom stereocenters. The molecular formula is C19H29N5OS. The number of nitrogens with two attached hydrogens (primary N) is 1. The smallest absolute Gasteiger partial charge is 0.225 e. The van der Waals surface area contributed by atoms with Crippen LogP contribution in [0.3, 0.4) is 0 Å². The van der Waals surface area contributed by atoms with E-state index >= 15 is 0 Å². The van der Waals surface area contributed by atoms with Crippen molar-refractivity contribution in [3.05, 3.63) is 34.0 Å². The fourth-order valence-corrected chi connectivity index (χ4v) is 4.73. The summed E-state index contributed by atoms with van der Waals surface area (Å²) in [4.78, 5) is 15.3. The van der Waals surface area contributed by atoms with Gasteiger partial charge in [-0.1, -0.05) is 19.9 Å². The summed E-state index contributed by atoms with van der Waals surface area (Å²) in [6.45, 7) is 9.37. The van der Waals surface area contributed by atoms with Gasteiger partial charge < -0.3 is 15.2 Å². The van der Waals surface area contributed by atoms with E-state index in [1.807, 2.05) is 24.4 Å². The van der Waals surface area contributed by atoms with E-state index in [1.54, 1.807) is 11.3 Å². The molecule has 3 rings (SSSR count). The van der Waals surface area contributed by atoms with Crippen molar-refractivity contribution in [1.82, 2.24) is 19.7 Å². The number of piperidine rings is 1. The third kappa shape index (κ3) is 4.15. The van der Waals surface area contributed by atoms with Crippen LogP contribution in [-0.4, -0.2) is 45.2 Å². The molecule has 7 heteroatoms. The van der Waals surface area contributed by atoms with Crippen molar-refractivity contribution < 1.29 is 4.79 Å². The molecule has 2 aromatic rings. The topological polar surface area (TPSA) is 77.0 Å². The molecule has 0 saturated carbocycles. The van der Waals surface area contributed by atoms with Gasteiger partial charge in [0.25, 0.3) is 0 Å². The lowest BCUT2D eigenvalue weighted by molar-refractivity contribution is -0.119. The zero-order valence-corrected chi connectivity index (χ0v) is 16.7. The molecule has 6 nitrogen and oxygen atoms in total. The number of likely N-dealkylation sites (tertiary alicyclic amines) is 1. The van der Waals surface area contributed by atoms with Crippen LogP contribution in [0, 0.1) is 6.92 Å². The van der Waals surface area contributed by atoms with Gasteiger partial charge in [0.15, 0.2) is 0 Å². The second kappa shape index (κ2) is 8.31. The minimum absolute atomic E-state index is 0.166. The second-order valence-electron chi connectivity index (χ2n) is 7.46. The van der Waals surface area contributed by atoms with Gasteiger partial charge in [0.05, 0.1) is 5.92 Å². The molecule has 0 aromatic carbocycles. The number of hydrogen-bond acceptors (Lipinski definition) is 5. The molecule has 26 heavy (non-hydrogen) atoms. The van der Waals surface area contributed by atoms with Crippen LogP contribution in [0.1, 0.15) is 67.5 Å². The summed E-state index contributed by atoms with van der Waals surface area (Å²) < 4.78 is 2.33. The lowest BCUT2D eigenvalue weighted by Crippen LogP contribution is -2.37. The van der Waals surface area contributed by atoms with Gasteiger partial charge >= 0.3 is 0 Å². The third-order valence-electron chi connectivity index (χ3n) is 5.30. The normalized spacial score (nSPS) is 17.7. The standard InChI is InChI=1S/C19H29N5OS/c1-13(2)19-22-21-14(3)24(19)15-6-9-23(10-7-15)11-8-16(18(20)25)17-5-4-12-26-17/h4-5,12-13,15-16H,6-11H2,1-3H3,(H2,20,25)/t16-/m1/s1. The van der Waals surface area contributed by atoms with Crippen molar-refractivity contribution in [3.8, 4) is 0 Å². The average molecular weight is 376 g/mol. The zero-order valence-electron chi connectivity index (χ0n) is 15.9. The predicted octanol–water partition coefficient (Wildman–Crippen LogP) is 3.07. The van der Waals surface area contributed by atoms with Crippen molar-refractivity contribution in [2.45, 2.75) is 57.9 Å². The van der Waals surface area contributed by atoms with E-state index < -0.39 is 0 Å². The molecule has 0 radical (unpaired) electrons. The van der Waals surface area contributed by atoms with Crippen LogP contribution in [0.5, 0.6) is 0 Å². The van der Waals surface area contributed by atoms with Crippen LogP contribution in [0.25, 0.3) is 0 Å². The highest BCUT2D eigenvalue weighted by atomic mass is 32.1. The van der Waals surface area contributed by atoms with E-state index in [0.717, 1.165) is 55.4 Å². The predicted molar refractivity (Wildman–Crippen MR) is 104 cm³/mol. The third-order valence-corrected chi connectivity index (χ3v) is 6.28. The van der Waals surface area contributed by atoms with E-state index in [1.165, 1.54) is 0 Å². The van der Waals surface area contributed by atoms with Crippen molar-refractivity contribution in [2.75, 3.05) is 19.6 Å². The molecule has 2 aromatic heterocycles. The molecule has 0 spiro atoms. The van der Waals surface area contributed by atoms with E-state index in [0.29, 0.717) is 12.0 Å². The number of amides is 1. The molecule has 1 aliphatic rings. The molecule has 1 amide bonds. The Kier molecular flexibility index (Phi) is 6.09. The van der Waals surface area contributed by atoms with Gasteiger partial charge in [-0.3, -0.25) is 4.79 Å². The van der Waals surface area contributed by atoms with Crippen LogP contribution in [0.4, 0.5) is 0 Å². The average Bonchev–Trinajstić information content (AvgIpc) is 3.25. The number of carbonyl (C=O) groups is 1. The Balaban J connectivity index is 1.56. The van der Waals surface area contributed by atoms with Crippen LogP contribution in [0.2, 0.25) is 0 Å². The number of aryl methyl sites for hydroxylation is 1. The molecule has 142 valence electrons. The van der Waals surface area contributed by atoms with Crippen LogP contribution in [0.15, 0.2) is 17.5 Å². The largest absolute Gasteiger partial charge is 0.369 e. The number of rotatable bonds is 7. The van der Waals surface area contributed by atoms with Crippen molar-refractivity contribution in [2.24, 2.45) is 5.73 Å². The fourth-order valence-electron chi connectivity index (χ4n) is 3.86. The molecule has 1 fully saturated rings. The SMILES string of the molecule is Cc1nnc(C(C)C)n1C1CCN(CC[C@@H](C(N)=O)c2cccs2)CC1. The molecule has 0 bridgehead atoms. The highest BCUT2D eigenvalue weighted by Gasteiger charge is 2.26. The minimum Gasteiger partial charge on any atom is -0.369 e. The molecule has 3 heterocycles. The maximum absolute atomic E-state index is 11.8. The van der Waals surface area contributed by atoms with E-state index in [2.05, 4.69) is 33.5 Å². The maximum atomic E-state index is 11.8. The molecule has 1 saturated heterocycles. The number of thiophene rings is 1. The Hall–Kier alpha value is -1.73. The first-order chi connectivity index (χ1) is 12.5. The molecule has 2 N–H and O–H groups in total. The highest BCUT2D eigenvalue weighted by Crippen LogP contribution is 2.29. The number of hydrogen-bond donors (Lipinski definition) is 1. The summed E-state index contributed by atoms with van der Waals surface area (Å²) in [7, 11) is 0. The van der Waals surface area contributed by atoms with E-state index in [4.69, 9.17) is 5.73 Å². The Bertz CT molecular complexity index is 716.